The van der Waals surface area contributed by atoms with E-state index in [2.05, 4.69) is 0 Å². The molecule has 0 aliphatic carbocycles. The molecule has 2 aromatic rings. The van der Waals surface area contributed by atoms with Crippen molar-refractivity contribution in [3.8, 4) is 0 Å². The van der Waals surface area contributed by atoms with Crippen molar-refractivity contribution in [2.45, 2.75) is 34.1 Å². The second-order valence-electron chi connectivity index (χ2n) is 7.11. The maximum absolute atomic E-state index is 14.3. The highest BCUT2D eigenvalue weighted by atomic mass is 35.5. The highest BCUT2D eigenvalue weighted by Crippen LogP contribution is 2.54. The van der Waals surface area contributed by atoms with E-state index in [9.17, 15) is 35.5 Å². The largest absolute Gasteiger partial charge is 0.435 e. The van der Waals surface area contributed by atoms with Gasteiger partial charge in [-0.25, -0.2) is 4.39 Å². The number of alkyl halides is 7. The van der Waals surface area contributed by atoms with Gasteiger partial charge in [-0.05, 0) is 30.2 Å². The Morgan fingerprint density at radius 1 is 0.968 bits per heavy atom. The van der Waals surface area contributed by atoms with Crippen molar-refractivity contribution in [3.05, 3.63) is 64.7 Å². The molecule has 2 aromatic carbocycles. The zero-order valence-electron chi connectivity index (χ0n) is 15.6. The first kappa shape index (κ1) is 23.7. The molecule has 0 bridgehead atoms. The minimum Gasteiger partial charge on any atom is -0.343 e. The molecule has 1 saturated heterocycles. The summed E-state index contributed by atoms with van der Waals surface area (Å²) in [5.41, 5.74) is -6.67. The second-order valence-corrected chi connectivity index (χ2v) is 9.00. The third kappa shape index (κ3) is 4.37. The number of hydrogen-bond acceptors (Lipinski definition) is 2. The molecule has 31 heavy (non-hydrogen) atoms. The Kier molecular flexibility index (Phi) is 6.27. The molecular formula is C20H15ClF7NOS. The van der Waals surface area contributed by atoms with Gasteiger partial charge in [-0.1, -0.05) is 41.9 Å². The average Bonchev–Trinajstić information content (AvgIpc) is 3.10. The van der Waals surface area contributed by atoms with Gasteiger partial charge in [-0.15, -0.1) is 11.8 Å². The van der Waals surface area contributed by atoms with E-state index in [0.29, 0.717) is 47.0 Å². The van der Waals surface area contributed by atoms with Gasteiger partial charge in [0.05, 0.1) is 4.75 Å². The van der Waals surface area contributed by atoms with Crippen molar-refractivity contribution in [3.63, 3.8) is 0 Å². The molecule has 1 aliphatic heterocycles. The Labute approximate surface area is 182 Å². The van der Waals surface area contributed by atoms with Crippen LogP contribution in [0.5, 0.6) is 0 Å². The Bertz CT molecular complexity index is 934. The lowest BCUT2D eigenvalue weighted by molar-refractivity contribution is -0.348. The first-order valence-electron chi connectivity index (χ1n) is 8.90. The normalized spacial score (nSPS) is 20.2. The summed E-state index contributed by atoms with van der Waals surface area (Å²) in [6.45, 7) is 0.517. The lowest BCUT2D eigenvalue weighted by atomic mass is 9.90. The summed E-state index contributed by atoms with van der Waals surface area (Å²) in [6, 6.07) is 9.84. The summed E-state index contributed by atoms with van der Waals surface area (Å²) in [4.78, 5) is 13.4. The van der Waals surface area contributed by atoms with Crippen LogP contribution in [-0.2, 0) is 15.2 Å². The van der Waals surface area contributed by atoms with Crippen molar-refractivity contribution in [1.82, 2.24) is 4.90 Å². The molecule has 0 radical (unpaired) electrons. The molecule has 1 unspecified atom stereocenters. The van der Waals surface area contributed by atoms with E-state index in [4.69, 9.17) is 11.6 Å². The van der Waals surface area contributed by atoms with Crippen LogP contribution in [0.1, 0.15) is 17.5 Å². The fraction of sp³-hybridized carbons (Fsp3) is 0.350. The van der Waals surface area contributed by atoms with Crippen LogP contribution in [0.25, 0.3) is 0 Å². The summed E-state index contributed by atoms with van der Waals surface area (Å²) in [6.07, 6.45) is -11.3. The Hall–Kier alpha value is -1.94. The number of rotatable bonds is 5. The van der Waals surface area contributed by atoms with Crippen LogP contribution >= 0.6 is 23.4 Å². The summed E-state index contributed by atoms with van der Waals surface area (Å²) in [5, 5.41) is 0.443. The SMILES string of the molecule is O=CN1CCC(Sc2cccc(Cl)c2)(c2ccc(C(F)(C(F)(F)F)C(F)(F)F)cc2)C1. The number of carbonyl (C=O) groups is 1. The molecule has 0 saturated carbocycles. The van der Waals surface area contributed by atoms with Crippen molar-refractivity contribution in [2.75, 3.05) is 13.1 Å². The van der Waals surface area contributed by atoms with Gasteiger partial charge >= 0.3 is 18.0 Å². The molecule has 168 valence electrons. The third-order valence-corrected chi connectivity index (χ3v) is 6.79. The minimum absolute atomic E-state index is 0.173. The second kappa shape index (κ2) is 8.20. The van der Waals surface area contributed by atoms with Crippen LogP contribution in [0.2, 0.25) is 5.02 Å². The molecule has 0 N–H and O–H groups in total. The predicted octanol–water partition coefficient (Wildman–Crippen LogP) is 6.48. The van der Waals surface area contributed by atoms with Crippen LogP contribution < -0.4 is 0 Å². The average molecular weight is 486 g/mol. The Morgan fingerprint density at radius 3 is 2.06 bits per heavy atom. The number of nitrogens with zero attached hydrogens (tertiary/aromatic N) is 1. The molecule has 0 spiro atoms. The topological polar surface area (TPSA) is 20.3 Å². The zero-order chi connectivity index (χ0) is 23.1. The van der Waals surface area contributed by atoms with Gasteiger partial charge in [0.25, 0.3) is 0 Å². The lowest BCUT2D eigenvalue weighted by Gasteiger charge is -2.32. The van der Waals surface area contributed by atoms with E-state index >= 15 is 0 Å². The van der Waals surface area contributed by atoms with E-state index in [0.717, 1.165) is 12.1 Å². The highest BCUT2D eigenvalue weighted by Gasteiger charge is 2.73. The van der Waals surface area contributed by atoms with Crippen molar-refractivity contribution < 1.29 is 35.5 Å². The number of hydrogen-bond donors (Lipinski definition) is 0. The molecule has 3 rings (SSSR count). The van der Waals surface area contributed by atoms with E-state index in [1.165, 1.54) is 16.7 Å². The van der Waals surface area contributed by atoms with Crippen LogP contribution in [-0.4, -0.2) is 36.8 Å². The number of amides is 1. The van der Waals surface area contributed by atoms with Gasteiger partial charge in [0.15, 0.2) is 0 Å². The summed E-state index contributed by atoms with van der Waals surface area (Å²) in [5.74, 6) is 0. The number of carbonyl (C=O) groups excluding carboxylic acids is 1. The van der Waals surface area contributed by atoms with Crippen molar-refractivity contribution in [2.24, 2.45) is 0 Å². The van der Waals surface area contributed by atoms with Gasteiger partial charge in [0, 0.05) is 28.6 Å². The molecule has 1 atom stereocenters. The number of thioether (sulfide) groups is 1. The van der Waals surface area contributed by atoms with E-state index in [-0.39, 0.29) is 6.54 Å². The summed E-state index contributed by atoms with van der Waals surface area (Å²) < 4.78 is 91.6. The lowest BCUT2D eigenvalue weighted by Crippen LogP contribution is -2.50. The van der Waals surface area contributed by atoms with Gasteiger partial charge in [0.2, 0.25) is 6.41 Å². The Morgan fingerprint density at radius 2 is 1.58 bits per heavy atom. The first-order valence-corrected chi connectivity index (χ1v) is 10.1. The molecule has 1 heterocycles. The minimum atomic E-state index is -6.18. The molecule has 11 heteroatoms. The Balaban J connectivity index is 2.03. The summed E-state index contributed by atoms with van der Waals surface area (Å²) in [7, 11) is 0. The molecule has 1 fully saturated rings. The number of halogens is 8. The first-order chi connectivity index (χ1) is 14.3. The fourth-order valence-corrected chi connectivity index (χ4v) is 5.24. The van der Waals surface area contributed by atoms with Gasteiger partial charge in [0.1, 0.15) is 0 Å². The standard InChI is InChI=1S/C20H15ClF7NOS/c21-15-2-1-3-16(10-15)31-17(8-9-29(11-17)12-30)13-4-6-14(7-5-13)18(22,19(23,24)25)20(26,27)28/h1-7,10,12H,8-9,11H2. The van der Waals surface area contributed by atoms with Gasteiger partial charge in [-0.3, -0.25) is 4.79 Å². The number of likely N-dealkylation sites (tertiary alicyclic amines) is 1. The van der Waals surface area contributed by atoms with Crippen LogP contribution in [0.4, 0.5) is 30.7 Å². The maximum atomic E-state index is 14.3. The highest BCUT2D eigenvalue weighted by molar-refractivity contribution is 8.00. The van der Waals surface area contributed by atoms with Crippen LogP contribution in [0, 0.1) is 0 Å². The quantitative estimate of drug-likeness (QED) is 0.357. The van der Waals surface area contributed by atoms with Gasteiger partial charge in [-0.2, -0.15) is 26.3 Å². The third-order valence-electron chi connectivity index (χ3n) is 5.11. The van der Waals surface area contributed by atoms with Crippen molar-refractivity contribution >= 4 is 29.8 Å². The maximum Gasteiger partial charge on any atom is 0.435 e. The molecule has 1 amide bonds. The van der Waals surface area contributed by atoms with E-state index in [1.54, 1.807) is 24.3 Å². The van der Waals surface area contributed by atoms with Crippen molar-refractivity contribution in [1.29, 1.82) is 0 Å². The smallest absolute Gasteiger partial charge is 0.343 e. The van der Waals surface area contributed by atoms with Crippen LogP contribution in [0.15, 0.2) is 53.4 Å². The fourth-order valence-electron chi connectivity index (χ4n) is 3.53. The molecule has 2 nitrogen and oxygen atoms in total. The van der Waals surface area contributed by atoms with Crippen LogP contribution in [0.3, 0.4) is 0 Å². The molecular weight excluding hydrogens is 471 g/mol. The van der Waals surface area contributed by atoms with E-state index in [1.807, 2.05) is 0 Å². The number of benzene rings is 2. The van der Waals surface area contributed by atoms with Gasteiger partial charge < -0.3 is 4.90 Å². The molecule has 1 aliphatic rings. The zero-order valence-corrected chi connectivity index (χ0v) is 17.2. The monoisotopic (exact) mass is 485 g/mol. The summed E-state index contributed by atoms with van der Waals surface area (Å²) >= 11 is 7.29. The molecule has 0 aromatic heterocycles. The van der Waals surface area contributed by atoms with E-state index < -0.39 is 28.3 Å². The predicted molar refractivity (Wildman–Crippen MR) is 103 cm³/mol.